The molecule has 0 aromatic heterocycles. The van der Waals surface area contributed by atoms with Crippen molar-refractivity contribution in [1.82, 2.24) is 0 Å². The molecule has 4 unspecified atom stereocenters. The van der Waals surface area contributed by atoms with Crippen molar-refractivity contribution in [3.8, 4) is 11.5 Å². The van der Waals surface area contributed by atoms with Crippen molar-refractivity contribution in [2.24, 2.45) is 0 Å². The first-order valence-electron chi connectivity index (χ1n) is 9.84. The van der Waals surface area contributed by atoms with Gasteiger partial charge in [-0.1, -0.05) is 12.1 Å². The van der Waals surface area contributed by atoms with E-state index in [1.807, 2.05) is 30.3 Å². The van der Waals surface area contributed by atoms with Gasteiger partial charge in [0.1, 0.15) is 30.1 Å². The van der Waals surface area contributed by atoms with Crippen LogP contribution in [0.1, 0.15) is 0 Å². The van der Waals surface area contributed by atoms with E-state index in [1.54, 1.807) is 6.07 Å². The van der Waals surface area contributed by atoms with Crippen molar-refractivity contribution in [3.63, 3.8) is 0 Å². The van der Waals surface area contributed by atoms with E-state index in [2.05, 4.69) is 0 Å². The van der Waals surface area contributed by atoms with Gasteiger partial charge in [0.25, 0.3) is 0 Å². The van der Waals surface area contributed by atoms with Gasteiger partial charge in [0.2, 0.25) is 0 Å². The highest BCUT2D eigenvalue weighted by molar-refractivity contribution is 7.99. The number of aliphatic hydroxyl groups excluding tert-OH is 6. The number of ether oxygens (including phenoxy) is 2. The van der Waals surface area contributed by atoms with Gasteiger partial charge in [0.15, 0.2) is 0 Å². The molecule has 2 rings (SSSR count). The predicted molar refractivity (Wildman–Crippen MR) is 123 cm³/mol. The minimum absolute atomic E-state index is 0.0410. The molecule has 0 aliphatic carbocycles. The second-order valence-electron chi connectivity index (χ2n) is 6.91. The SMILES string of the molecule is OCC(O)CSCC(O)COc1cccc2cc(OCC(O)SCC(O)CO)ccc12. The summed E-state index contributed by atoms with van der Waals surface area (Å²) in [4.78, 5) is 0. The number of aliphatic hydroxyl groups is 6. The fourth-order valence-corrected chi connectivity index (χ4v) is 4.16. The van der Waals surface area contributed by atoms with E-state index in [9.17, 15) is 20.4 Å². The third-order valence-corrected chi connectivity index (χ3v) is 6.50. The molecule has 10 heteroatoms. The van der Waals surface area contributed by atoms with Gasteiger partial charge in [-0.3, -0.25) is 0 Å². The lowest BCUT2D eigenvalue weighted by atomic mass is 10.1. The standard InChI is InChI=1S/C21H30O8S2/c22-7-15(24)11-30-12-17(26)9-29-20-3-1-2-14-6-18(4-5-19(14)20)28-10-21(27)31-13-16(25)8-23/h1-6,15-17,21-27H,7-13H2. The molecule has 0 aliphatic rings. The van der Waals surface area contributed by atoms with E-state index < -0.39 is 23.7 Å². The molecule has 0 heterocycles. The zero-order chi connectivity index (χ0) is 22.6. The van der Waals surface area contributed by atoms with Crippen LogP contribution in [0.15, 0.2) is 36.4 Å². The molecule has 0 radical (unpaired) electrons. The van der Waals surface area contributed by atoms with Crippen molar-refractivity contribution in [2.45, 2.75) is 23.7 Å². The quantitative estimate of drug-likeness (QED) is 0.202. The minimum Gasteiger partial charge on any atom is -0.490 e. The molecule has 6 N–H and O–H groups in total. The molecule has 0 fully saturated rings. The average molecular weight is 475 g/mol. The van der Waals surface area contributed by atoms with Crippen LogP contribution in [0.3, 0.4) is 0 Å². The first-order valence-corrected chi connectivity index (χ1v) is 12.0. The van der Waals surface area contributed by atoms with Gasteiger partial charge in [0.05, 0.1) is 31.5 Å². The lowest BCUT2D eigenvalue weighted by Gasteiger charge is -2.16. The maximum Gasteiger partial charge on any atom is 0.133 e. The van der Waals surface area contributed by atoms with Crippen LogP contribution in [0.25, 0.3) is 10.8 Å². The zero-order valence-electron chi connectivity index (χ0n) is 17.0. The van der Waals surface area contributed by atoms with Crippen LogP contribution in [0.5, 0.6) is 11.5 Å². The van der Waals surface area contributed by atoms with Crippen LogP contribution in [0.2, 0.25) is 0 Å². The van der Waals surface area contributed by atoms with E-state index >= 15 is 0 Å². The van der Waals surface area contributed by atoms with Crippen molar-refractivity contribution in [1.29, 1.82) is 0 Å². The molecule has 2 aromatic carbocycles. The second kappa shape index (κ2) is 14.0. The van der Waals surface area contributed by atoms with E-state index in [-0.39, 0.29) is 32.2 Å². The molecular formula is C21H30O8S2. The lowest BCUT2D eigenvalue weighted by molar-refractivity contribution is 0.112. The molecule has 0 saturated heterocycles. The van der Waals surface area contributed by atoms with E-state index in [0.29, 0.717) is 23.0 Å². The van der Waals surface area contributed by atoms with Gasteiger partial charge >= 0.3 is 0 Å². The van der Waals surface area contributed by atoms with Crippen LogP contribution in [0, 0.1) is 0 Å². The first-order chi connectivity index (χ1) is 14.9. The Morgan fingerprint density at radius 2 is 1.48 bits per heavy atom. The Morgan fingerprint density at radius 3 is 2.23 bits per heavy atom. The summed E-state index contributed by atoms with van der Waals surface area (Å²) in [5, 5.41) is 57.9. The Hall–Kier alpha value is -1.24. The number of hydrogen-bond acceptors (Lipinski definition) is 10. The fourth-order valence-electron chi connectivity index (χ4n) is 2.57. The Morgan fingerprint density at radius 1 is 0.774 bits per heavy atom. The van der Waals surface area contributed by atoms with Gasteiger partial charge in [-0.05, 0) is 29.7 Å². The minimum atomic E-state index is -0.872. The molecule has 0 saturated carbocycles. The van der Waals surface area contributed by atoms with E-state index in [4.69, 9.17) is 19.7 Å². The van der Waals surface area contributed by atoms with Crippen molar-refractivity contribution in [3.05, 3.63) is 36.4 Å². The smallest absolute Gasteiger partial charge is 0.133 e. The molecule has 0 bridgehead atoms. The van der Waals surface area contributed by atoms with Gasteiger partial charge in [-0.2, -0.15) is 11.8 Å². The molecule has 31 heavy (non-hydrogen) atoms. The highest BCUT2D eigenvalue weighted by Gasteiger charge is 2.12. The summed E-state index contributed by atoms with van der Waals surface area (Å²) in [5.41, 5.74) is -0.829. The van der Waals surface area contributed by atoms with E-state index in [1.165, 1.54) is 11.8 Å². The maximum atomic E-state index is 10.1. The van der Waals surface area contributed by atoms with Crippen LogP contribution >= 0.6 is 23.5 Å². The monoisotopic (exact) mass is 474 g/mol. The highest BCUT2D eigenvalue weighted by Crippen LogP contribution is 2.29. The lowest BCUT2D eigenvalue weighted by Crippen LogP contribution is -2.22. The third-order valence-electron chi connectivity index (χ3n) is 4.16. The molecule has 174 valence electrons. The number of fused-ring (bicyclic) bond motifs is 1. The molecule has 0 spiro atoms. The normalized spacial score (nSPS) is 15.4. The first kappa shape index (κ1) is 26.0. The number of benzene rings is 2. The van der Waals surface area contributed by atoms with Crippen LogP contribution < -0.4 is 9.47 Å². The maximum absolute atomic E-state index is 10.1. The van der Waals surface area contributed by atoms with Gasteiger partial charge in [0, 0.05) is 22.6 Å². The number of rotatable bonds is 15. The molecule has 8 nitrogen and oxygen atoms in total. The van der Waals surface area contributed by atoms with Crippen molar-refractivity contribution in [2.75, 3.05) is 43.7 Å². The Labute approximate surface area is 189 Å². The second-order valence-corrected chi connectivity index (χ2v) is 9.20. The van der Waals surface area contributed by atoms with Crippen LogP contribution in [0.4, 0.5) is 0 Å². The predicted octanol–water partition coefficient (Wildman–Crippen LogP) is 0.449. The van der Waals surface area contributed by atoms with Crippen LogP contribution in [-0.4, -0.2) is 98.1 Å². The Bertz CT molecular complexity index is 778. The summed E-state index contributed by atoms with van der Waals surface area (Å²) in [6.45, 7) is -0.508. The zero-order valence-corrected chi connectivity index (χ0v) is 18.7. The largest absolute Gasteiger partial charge is 0.490 e. The van der Waals surface area contributed by atoms with E-state index in [0.717, 1.165) is 22.5 Å². The molecular weight excluding hydrogens is 444 g/mol. The number of hydrogen-bond donors (Lipinski definition) is 6. The van der Waals surface area contributed by atoms with Crippen molar-refractivity contribution >= 4 is 34.3 Å². The summed E-state index contributed by atoms with van der Waals surface area (Å²) in [6, 6.07) is 11.0. The van der Waals surface area contributed by atoms with Crippen molar-refractivity contribution < 1.29 is 40.1 Å². The Kier molecular flexibility index (Phi) is 11.8. The van der Waals surface area contributed by atoms with Crippen LogP contribution in [-0.2, 0) is 0 Å². The Balaban J connectivity index is 1.86. The molecule has 0 amide bonds. The number of thioether (sulfide) groups is 2. The summed E-state index contributed by atoms with van der Waals surface area (Å²) >= 11 is 2.44. The van der Waals surface area contributed by atoms with Gasteiger partial charge in [-0.25, -0.2) is 0 Å². The summed E-state index contributed by atoms with van der Waals surface area (Å²) in [7, 11) is 0. The fraction of sp³-hybridized carbons (Fsp3) is 0.524. The summed E-state index contributed by atoms with van der Waals surface area (Å²) in [6.07, 6.45) is -2.38. The highest BCUT2D eigenvalue weighted by atomic mass is 32.2. The van der Waals surface area contributed by atoms with Gasteiger partial charge < -0.3 is 40.1 Å². The average Bonchev–Trinajstić information content (AvgIpc) is 2.79. The third kappa shape index (κ3) is 9.42. The molecule has 0 aliphatic heterocycles. The summed E-state index contributed by atoms with van der Waals surface area (Å²) in [5.74, 6) is 2.14. The molecule has 2 aromatic rings. The molecule has 4 atom stereocenters. The van der Waals surface area contributed by atoms with Gasteiger partial charge in [-0.15, -0.1) is 11.8 Å². The summed E-state index contributed by atoms with van der Waals surface area (Å²) < 4.78 is 11.4. The topological polar surface area (TPSA) is 140 Å².